The van der Waals surface area contributed by atoms with E-state index >= 15 is 0 Å². The second kappa shape index (κ2) is 6.63. The lowest BCUT2D eigenvalue weighted by Crippen LogP contribution is -2.27. The Hall–Kier alpha value is -0.240. The zero-order valence-corrected chi connectivity index (χ0v) is 11.5. The maximum atomic E-state index is 6.18. The third-order valence-electron chi connectivity index (χ3n) is 3.37. The maximum absolute atomic E-state index is 6.18. The first kappa shape index (κ1) is 13.2. The van der Waals surface area contributed by atoms with E-state index in [2.05, 4.69) is 11.4 Å². The van der Waals surface area contributed by atoms with Crippen molar-refractivity contribution in [1.82, 2.24) is 5.32 Å². The molecule has 1 aromatic rings. The number of halogens is 2. The molecular weight excluding hydrogens is 253 g/mol. The van der Waals surface area contributed by atoms with Crippen molar-refractivity contribution >= 4 is 23.2 Å². The molecule has 0 amide bonds. The molecule has 17 heavy (non-hydrogen) atoms. The molecule has 1 aliphatic rings. The fourth-order valence-corrected chi connectivity index (χ4v) is 3.10. The number of nitrogens with one attached hydrogen (secondary N) is 1. The molecule has 0 bridgehead atoms. The predicted molar refractivity (Wildman–Crippen MR) is 74.8 cm³/mol. The highest BCUT2D eigenvalue weighted by molar-refractivity contribution is 6.30. The van der Waals surface area contributed by atoms with Gasteiger partial charge in [-0.2, -0.15) is 0 Å². The minimum absolute atomic E-state index is 0.390. The number of hydrogen-bond donors (Lipinski definition) is 1. The smallest absolute Gasteiger partial charge is 0.0409 e. The lowest BCUT2D eigenvalue weighted by atomic mass is 9.89. The molecule has 2 unspecified atom stereocenters. The quantitative estimate of drug-likeness (QED) is 0.809. The van der Waals surface area contributed by atoms with Gasteiger partial charge in [-0.1, -0.05) is 30.2 Å². The van der Waals surface area contributed by atoms with E-state index in [0.29, 0.717) is 5.38 Å². The second-order valence-corrected chi connectivity index (χ2v) is 5.94. The number of hydrogen-bond acceptors (Lipinski definition) is 1. The first-order chi connectivity index (χ1) is 8.24. The van der Waals surface area contributed by atoms with Crippen molar-refractivity contribution < 1.29 is 0 Å². The highest BCUT2D eigenvalue weighted by atomic mass is 35.5. The highest BCUT2D eigenvalue weighted by Crippen LogP contribution is 2.27. The van der Waals surface area contributed by atoms with Crippen LogP contribution >= 0.6 is 23.2 Å². The van der Waals surface area contributed by atoms with Gasteiger partial charge < -0.3 is 5.32 Å². The lowest BCUT2D eigenvalue weighted by molar-refractivity contribution is 0.346. The summed E-state index contributed by atoms with van der Waals surface area (Å²) in [7, 11) is 0. The van der Waals surface area contributed by atoms with Gasteiger partial charge in [-0.3, -0.25) is 0 Å². The van der Waals surface area contributed by atoms with E-state index in [1.54, 1.807) is 0 Å². The SMILES string of the molecule is Clc1cccc(CNCC2CCCC(Cl)C2)c1. The van der Waals surface area contributed by atoms with Crippen molar-refractivity contribution in [2.75, 3.05) is 6.54 Å². The molecule has 94 valence electrons. The van der Waals surface area contributed by atoms with Gasteiger partial charge in [0.25, 0.3) is 0 Å². The molecule has 0 heterocycles. The minimum atomic E-state index is 0.390. The molecule has 0 radical (unpaired) electrons. The summed E-state index contributed by atoms with van der Waals surface area (Å²) in [5.41, 5.74) is 1.25. The zero-order valence-electron chi connectivity index (χ0n) is 9.96. The zero-order chi connectivity index (χ0) is 12.1. The van der Waals surface area contributed by atoms with Crippen LogP contribution in [0.4, 0.5) is 0 Å². The summed E-state index contributed by atoms with van der Waals surface area (Å²) >= 11 is 12.1. The van der Waals surface area contributed by atoms with Crippen molar-refractivity contribution in [2.45, 2.75) is 37.6 Å². The maximum Gasteiger partial charge on any atom is 0.0409 e. The first-order valence-corrected chi connectivity index (χ1v) is 7.14. The van der Waals surface area contributed by atoms with Gasteiger partial charge in [0.2, 0.25) is 0 Å². The monoisotopic (exact) mass is 271 g/mol. The average Bonchev–Trinajstić information content (AvgIpc) is 2.29. The largest absolute Gasteiger partial charge is 0.312 e. The molecule has 0 aliphatic heterocycles. The fraction of sp³-hybridized carbons (Fsp3) is 0.571. The van der Waals surface area contributed by atoms with Crippen LogP contribution in [0.5, 0.6) is 0 Å². The minimum Gasteiger partial charge on any atom is -0.312 e. The van der Waals surface area contributed by atoms with Gasteiger partial charge in [0.15, 0.2) is 0 Å². The summed E-state index contributed by atoms with van der Waals surface area (Å²) in [4.78, 5) is 0. The van der Waals surface area contributed by atoms with Crippen molar-refractivity contribution in [3.63, 3.8) is 0 Å². The third kappa shape index (κ3) is 4.50. The summed E-state index contributed by atoms with van der Waals surface area (Å²) in [6, 6.07) is 8.02. The Labute approximate surface area is 114 Å². The third-order valence-corrected chi connectivity index (χ3v) is 4.00. The van der Waals surface area contributed by atoms with Crippen LogP contribution in [-0.4, -0.2) is 11.9 Å². The molecule has 3 heteroatoms. The normalized spacial score (nSPS) is 24.8. The van der Waals surface area contributed by atoms with Crippen LogP contribution < -0.4 is 5.32 Å². The van der Waals surface area contributed by atoms with Gasteiger partial charge in [0.05, 0.1) is 0 Å². The Morgan fingerprint density at radius 2 is 2.18 bits per heavy atom. The molecule has 1 fully saturated rings. The van der Waals surface area contributed by atoms with Crippen LogP contribution in [-0.2, 0) is 6.54 Å². The summed E-state index contributed by atoms with van der Waals surface area (Å²) in [6.45, 7) is 1.96. The molecule has 2 rings (SSSR count). The van der Waals surface area contributed by atoms with E-state index in [4.69, 9.17) is 23.2 Å². The molecular formula is C14H19Cl2N. The number of alkyl halides is 1. The number of rotatable bonds is 4. The molecule has 2 atom stereocenters. The Balaban J connectivity index is 1.72. The molecule has 1 aliphatic carbocycles. The van der Waals surface area contributed by atoms with Crippen LogP contribution in [0.1, 0.15) is 31.2 Å². The van der Waals surface area contributed by atoms with Gasteiger partial charge >= 0.3 is 0 Å². The predicted octanol–water partition coefficient (Wildman–Crippen LogP) is 4.23. The Bertz CT molecular complexity index is 354. The number of benzene rings is 1. The van der Waals surface area contributed by atoms with Gasteiger partial charge in [-0.15, -0.1) is 11.6 Å². The Morgan fingerprint density at radius 3 is 2.94 bits per heavy atom. The van der Waals surface area contributed by atoms with Crippen LogP contribution in [0.3, 0.4) is 0 Å². The summed E-state index contributed by atoms with van der Waals surface area (Å²) in [5.74, 6) is 0.741. The molecule has 0 spiro atoms. The second-order valence-electron chi connectivity index (χ2n) is 4.89. The highest BCUT2D eigenvalue weighted by Gasteiger charge is 2.19. The van der Waals surface area contributed by atoms with Crippen molar-refractivity contribution in [1.29, 1.82) is 0 Å². The van der Waals surface area contributed by atoms with Crippen LogP contribution in [0, 0.1) is 5.92 Å². The van der Waals surface area contributed by atoms with Crippen LogP contribution in [0.2, 0.25) is 5.02 Å². The Morgan fingerprint density at radius 1 is 1.29 bits per heavy atom. The van der Waals surface area contributed by atoms with E-state index < -0.39 is 0 Å². The van der Waals surface area contributed by atoms with Gasteiger partial charge in [0, 0.05) is 16.9 Å². The fourth-order valence-electron chi connectivity index (χ4n) is 2.48. The van der Waals surface area contributed by atoms with Crippen molar-refractivity contribution in [3.8, 4) is 0 Å². The molecule has 1 aromatic carbocycles. The summed E-state index contributed by atoms with van der Waals surface area (Å²) in [6.07, 6.45) is 4.93. The van der Waals surface area contributed by atoms with Crippen molar-refractivity contribution in [3.05, 3.63) is 34.9 Å². The molecule has 1 nitrogen and oxygen atoms in total. The van der Waals surface area contributed by atoms with Crippen LogP contribution in [0.15, 0.2) is 24.3 Å². The van der Waals surface area contributed by atoms with E-state index in [0.717, 1.165) is 30.5 Å². The van der Waals surface area contributed by atoms with Gasteiger partial charge in [0.1, 0.15) is 0 Å². The van der Waals surface area contributed by atoms with Gasteiger partial charge in [-0.25, -0.2) is 0 Å². The van der Waals surface area contributed by atoms with E-state index in [-0.39, 0.29) is 0 Å². The topological polar surface area (TPSA) is 12.0 Å². The average molecular weight is 272 g/mol. The summed E-state index contributed by atoms with van der Waals surface area (Å²) in [5, 5.41) is 4.70. The van der Waals surface area contributed by atoms with E-state index in [1.165, 1.54) is 24.8 Å². The molecule has 0 aromatic heterocycles. The molecule has 1 saturated carbocycles. The van der Waals surface area contributed by atoms with E-state index in [9.17, 15) is 0 Å². The first-order valence-electron chi connectivity index (χ1n) is 6.33. The van der Waals surface area contributed by atoms with E-state index in [1.807, 2.05) is 18.2 Å². The van der Waals surface area contributed by atoms with Crippen LogP contribution in [0.25, 0.3) is 0 Å². The van der Waals surface area contributed by atoms with Crippen molar-refractivity contribution in [2.24, 2.45) is 5.92 Å². The lowest BCUT2D eigenvalue weighted by Gasteiger charge is -2.25. The molecule has 1 N–H and O–H groups in total. The van der Waals surface area contributed by atoms with Gasteiger partial charge in [-0.05, 0) is 49.4 Å². The molecule has 0 saturated heterocycles. The summed E-state index contributed by atoms with van der Waals surface area (Å²) < 4.78 is 0. The Kier molecular flexibility index (Phi) is 5.15. The standard InChI is InChI=1S/C14H19Cl2N/c15-13-5-1-3-11(7-13)9-17-10-12-4-2-6-14(16)8-12/h1,3,5,7,12,14,17H,2,4,6,8-10H2.